The van der Waals surface area contributed by atoms with E-state index in [4.69, 9.17) is 10.5 Å². The fourth-order valence-corrected chi connectivity index (χ4v) is 2.07. The molecule has 2 nitrogen and oxygen atoms in total. The van der Waals surface area contributed by atoms with Crippen LogP contribution in [-0.2, 0) is 6.42 Å². The quantitative estimate of drug-likeness (QED) is 0.889. The summed E-state index contributed by atoms with van der Waals surface area (Å²) in [6.45, 7) is 5.63. The van der Waals surface area contributed by atoms with E-state index in [0.717, 1.165) is 12.2 Å². The first-order valence-electron chi connectivity index (χ1n) is 6.83. The van der Waals surface area contributed by atoms with Gasteiger partial charge in [-0.2, -0.15) is 0 Å². The molecule has 0 radical (unpaired) electrons. The van der Waals surface area contributed by atoms with Crippen molar-refractivity contribution in [2.24, 2.45) is 5.73 Å². The topological polar surface area (TPSA) is 35.2 Å². The van der Waals surface area contributed by atoms with Crippen LogP contribution in [-0.4, -0.2) is 0 Å². The molecule has 20 heavy (non-hydrogen) atoms. The summed E-state index contributed by atoms with van der Waals surface area (Å²) in [4.78, 5) is 0. The van der Waals surface area contributed by atoms with Gasteiger partial charge >= 0.3 is 0 Å². The molecule has 0 fully saturated rings. The predicted octanol–water partition coefficient (Wildman–Crippen LogP) is 4.51. The molecule has 106 valence electrons. The molecule has 0 aliphatic rings. The largest absolute Gasteiger partial charge is 0.457 e. The number of ether oxygens (including phenoxy) is 1. The van der Waals surface area contributed by atoms with Crippen molar-refractivity contribution in [2.75, 3.05) is 0 Å². The minimum Gasteiger partial charge on any atom is -0.457 e. The summed E-state index contributed by atoms with van der Waals surface area (Å²) in [5.41, 5.74) is 8.32. The van der Waals surface area contributed by atoms with Crippen molar-refractivity contribution in [3.05, 3.63) is 58.9 Å². The fraction of sp³-hybridized carbons (Fsp3) is 0.294. The number of rotatable bonds is 4. The highest BCUT2D eigenvalue weighted by atomic mass is 19.1. The lowest BCUT2D eigenvalue weighted by Crippen LogP contribution is -2.08. The molecule has 2 aromatic rings. The molecule has 2 N–H and O–H groups in total. The first-order chi connectivity index (χ1) is 9.51. The zero-order valence-electron chi connectivity index (χ0n) is 12.1. The summed E-state index contributed by atoms with van der Waals surface area (Å²) >= 11 is 0. The molecule has 0 aliphatic carbocycles. The van der Waals surface area contributed by atoms with Gasteiger partial charge < -0.3 is 10.5 Å². The monoisotopic (exact) mass is 273 g/mol. The van der Waals surface area contributed by atoms with Gasteiger partial charge in [0.1, 0.15) is 17.3 Å². The molecule has 2 rings (SSSR count). The standard InChI is InChI=1S/C17H20FNO/c1-4-13-6-5-7-14(9-13)20-17-8-11(2)16(18)10-15(17)12(3)19/h5-10,12H,4,19H2,1-3H3/t12-/m1/s1. The Balaban J connectivity index is 2.39. The first kappa shape index (κ1) is 14.5. The molecule has 1 atom stereocenters. The van der Waals surface area contributed by atoms with Crippen molar-refractivity contribution >= 4 is 0 Å². The van der Waals surface area contributed by atoms with E-state index in [1.54, 1.807) is 13.0 Å². The van der Waals surface area contributed by atoms with E-state index >= 15 is 0 Å². The van der Waals surface area contributed by atoms with Crippen molar-refractivity contribution in [3.8, 4) is 11.5 Å². The van der Waals surface area contributed by atoms with Crippen molar-refractivity contribution in [3.63, 3.8) is 0 Å². The molecule has 0 heterocycles. The van der Waals surface area contributed by atoms with Crippen LogP contribution in [0, 0.1) is 12.7 Å². The molecule has 3 heteroatoms. The normalized spacial score (nSPS) is 12.2. The molecule has 0 aliphatic heterocycles. The minimum atomic E-state index is -0.283. The van der Waals surface area contributed by atoms with Crippen molar-refractivity contribution < 1.29 is 9.13 Å². The minimum absolute atomic E-state index is 0.257. The molecule has 0 amide bonds. The summed E-state index contributed by atoms with van der Waals surface area (Å²) in [7, 11) is 0. The maximum Gasteiger partial charge on any atom is 0.132 e. The van der Waals surface area contributed by atoms with Gasteiger partial charge in [-0.25, -0.2) is 4.39 Å². The van der Waals surface area contributed by atoms with Gasteiger partial charge in [0, 0.05) is 11.6 Å². The Kier molecular flexibility index (Phi) is 4.40. The third-order valence-electron chi connectivity index (χ3n) is 3.32. The average molecular weight is 273 g/mol. The van der Waals surface area contributed by atoms with Crippen molar-refractivity contribution in [1.29, 1.82) is 0 Å². The summed E-state index contributed by atoms with van der Waals surface area (Å²) in [5, 5.41) is 0. The SMILES string of the molecule is CCc1cccc(Oc2cc(C)c(F)cc2[C@@H](C)N)c1. The Morgan fingerprint density at radius 1 is 1.25 bits per heavy atom. The highest BCUT2D eigenvalue weighted by molar-refractivity contribution is 5.43. The fourth-order valence-electron chi connectivity index (χ4n) is 2.07. The highest BCUT2D eigenvalue weighted by Gasteiger charge is 2.13. The van der Waals surface area contributed by atoms with E-state index in [-0.39, 0.29) is 11.9 Å². The van der Waals surface area contributed by atoms with Crippen LogP contribution in [0.5, 0.6) is 11.5 Å². The van der Waals surface area contributed by atoms with E-state index < -0.39 is 0 Å². The summed E-state index contributed by atoms with van der Waals surface area (Å²) in [5.74, 6) is 1.11. The third-order valence-corrected chi connectivity index (χ3v) is 3.32. The van der Waals surface area contributed by atoms with Gasteiger partial charge in [0.2, 0.25) is 0 Å². The molecule has 0 bridgehead atoms. The number of hydrogen-bond donors (Lipinski definition) is 1. The van der Waals surface area contributed by atoms with Crippen molar-refractivity contribution in [1.82, 2.24) is 0 Å². The van der Waals surface area contributed by atoms with Crippen LogP contribution in [0.1, 0.15) is 36.6 Å². The van der Waals surface area contributed by atoms with Crippen molar-refractivity contribution in [2.45, 2.75) is 33.2 Å². The Morgan fingerprint density at radius 2 is 2.00 bits per heavy atom. The van der Waals surface area contributed by atoms with E-state index in [9.17, 15) is 4.39 Å². The molecule has 0 spiro atoms. The first-order valence-corrected chi connectivity index (χ1v) is 6.83. The van der Waals surface area contributed by atoms with Gasteiger partial charge in [0.15, 0.2) is 0 Å². The summed E-state index contributed by atoms with van der Waals surface area (Å²) in [6.07, 6.45) is 0.944. The van der Waals surface area contributed by atoms with Crippen LogP contribution in [0.25, 0.3) is 0 Å². The number of nitrogens with two attached hydrogens (primary N) is 1. The van der Waals surface area contributed by atoms with E-state index in [0.29, 0.717) is 16.9 Å². The lowest BCUT2D eigenvalue weighted by Gasteiger charge is -2.15. The van der Waals surface area contributed by atoms with Crippen LogP contribution in [0.4, 0.5) is 4.39 Å². The van der Waals surface area contributed by atoms with Gasteiger partial charge in [0.25, 0.3) is 0 Å². The van der Waals surface area contributed by atoms with Crippen LogP contribution in [0.3, 0.4) is 0 Å². The molecule has 0 unspecified atom stereocenters. The van der Waals surface area contributed by atoms with E-state index in [1.165, 1.54) is 11.6 Å². The Bertz CT molecular complexity index is 608. The average Bonchev–Trinajstić information content (AvgIpc) is 2.42. The number of hydrogen-bond acceptors (Lipinski definition) is 2. The predicted molar refractivity (Wildman–Crippen MR) is 79.6 cm³/mol. The molecule has 0 saturated heterocycles. The molecule has 2 aromatic carbocycles. The summed E-state index contributed by atoms with van der Waals surface area (Å²) in [6, 6.07) is 10.8. The third kappa shape index (κ3) is 3.17. The van der Waals surface area contributed by atoms with Gasteiger partial charge in [-0.3, -0.25) is 0 Å². The Morgan fingerprint density at radius 3 is 2.65 bits per heavy atom. The maximum atomic E-state index is 13.7. The van der Waals surface area contributed by atoms with E-state index in [1.807, 2.05) is 25.1 Å². The second-order valence-electron chi connectivity index (χ2n) is 5.03. The Labute approximate surface area is 119 Å². The van der Waals surface area contributed by atoms with Gasteiger partial charge in [-0.1, -0.05) is 19.1 Å². The number of halogens is 1. The second kappa shape index (κ2) is 6.06. The number of aryl methyl sites for hydroxylation is 2. The second-order valence-corrected chi connectivity index (χ2v) is 5.03. The van der Waals surface area contributed by atoms with Gasteiger partial charge in [0.05, 0.1) is 0 Å². The van der Waals surface area contributed by atoms with Crippen LogP contribution in [0.2, 0.25) is 0 Å². The lowest BCUT2D eigenvalue weighted by molar-refractivity contribution is 0.467. The maximum absolute atomic E-state index is 13.7. The molecule has 0 aromatic heterocycles. The van der Waals surface area contributed by atoms with Gasteiger partial charge in [-0.05, 0) is 55.7 Å². The molecular weight excluding hydrogens is 253 g/mol. The Hall–Kier alpha value is -1.87. The van der Waals surface area contributed by atoms with E-state index in [2.05, 4.69) is 13.0 Å². The smallest absolute Gasteiger partial charge is 0.132 e. The molecular formula is C17H20FNO. The zero-order chi connectivity index (χ0) is 14.7. The zero-order valence-corrected chi connectivity index (χ0v) is 12.1. The van der Waals surface area contributed by atoms with Crippen LogP contribution >= 0.6 is 0 Å². The highest BCUT2D eigenvalue weighted by Crippen LogP contribution is 2.31. The van der Waals surface area contributed by atoms with Gasteiger partial charge in [-0.15, -0.1) is 0 Å². The molecule has 0 saturated carbocycles. The summed E-state index contributed by atoms with van der Waals surface area (Å²) < 4.78 is 19.6. The van der Waals surface area contributed by atoms with Crippen LogP contribution < -0.4 is 10.5 Å². The number of benzene rings is 2. The van der Waals surface area contributed by atoms with Crippen LogP contribution in [0.15, 0.2) is 36.4 Å². The lowest BCUT2D eigenvalue weighted by atomic mass is 10.0.